The monoisotopic (exact) mass is 368 g/mol. The average molecular weight is 368 g/mol. The summed E-state index contributed by atoms with van der Waals surface area (Å²) in [4.78, 5) is 21.1. The minimum atomic E-state index is -0.413. The number of aromatic nitrogens is 4. The van der Waals surface area contributed by atoms with E-state index in [1.165, 1.54) is 12.3 Å². The molecule has 1 unspecified atom stereocenters. The minimum Gasteiger partial charge on any atom is -0.476 e. The van der Waals surface area contributed by atoms with E-state index >= 15 is 0 Å². The standard InChI is InChI=1S/C18H17FN6O2/c19-11-7-12-15(10-1-2-10)23-14-3-5-25-16(24-14)13(9-22-25)17(26)20-4-6-27-18(12)21-8-11/h3,5,7-10,15H,1-2,4,6H2,(H,20,26)(H,23,24). The third kappa shape index (κ3) is 2.94. The van der Waals surface area contributed by atoms with E-state index in [2.05, 4.69) is 25.7 Å². The van der Waals surface area contributed by atoms with Crippen LogP contribution in [0, 0.1) is 11.7 Å². The number of amides is 1. The highest BCUT2D eigenvalue weighted by Crippen LogP contribution is 2.45. The maximum atomic E-state index is 13.9. The number of hydrogen-bond donors (Lipinski definition) is 2. The van der Waals surface area contributed by atoms with Crippen molar-refractivity contribution in [2.45, 2.75) is 18.9 Å². The topological polar surface area (TPSA) is 93.4 Å². The fourth-order valence-electron chi connectivity index (χ4n) is 3.34. The van der Waals surface area contributed by atoms with Crippen LogP contribution < -0.4 is 15.4 Å². The summed E-state index contributed by atoms with van der Waals surface area (Å²) in [6.07, 6.45) is 6.45. The van der Waals surface area contributed by atoms with Gasteiger partial charge in [0.15, 0.2) is 5.65 Å². The molecule has 3 aromatic heterocycles. The number of halogens is 1. The first kappa shape index (κ1) is 16.0. The number of nitrogens with one attached hydrogen (secondary N) is 2. The maximum Gasteiger partial charge on any atom is 0.256 e. The van der Waals surface area contributed by atoms with Crippen LogP contribution in [0.5, 0.6) is 5.88 Å². The maximum absolute atomic E-state index is 13.9. The average Bonchev–Trinajstić information content (AvgIpc) is 3.42. The van der Waals surface area contributed by atoms with Crippen molar-refractivity contribution in [1.29, 1.82) is 0 Å². The molecule has 3 aromatic rings. The molecule has 0 aromatic carbocycles. The molecule has 2 N–H and O–H groups in total. The molecule has 0 spiro atoms. The number of anilines is 1. The molecule has 2 bridgehead atoms. The van der Waals surface area contributed by atoms with E-state index in [4.69, 9.17) is 4.74 Å². The SMILES string of the molecule is O=C1NCCOc2ncc(F)cc2C(C2CC2)Nc2ccn3ncc1c3n2. The zero-order valence-corrected chi connectivity index (χ0v) is 14.4. The summed E-state index contributed by atoms with van der Waals surface area (Å²) in [7, 11) is 0. The Hall–Kier alpha value is -3.23. The predicted octanol–water partition coefficient (Wildman–Crippen LogP) is 1.95. The molecule has 2 aliphatic rings. The summed E-state index contributed by atoms with van der Waals surface area (Å²) in [5.74, 6) is 0.623. The Morgan fingerprint density at radius 3 is 3.04 bits per heavy atom. The number of hydrogen-bond acceptors (Lipinski definition) is 6. The Morgan fingerprint density at radius 2 is 2.19 bits per heavy atom. The summed E-state index contributed by atoms with van der Waals surface area (Å²) in [6.45, 7) is 0.514. The molecule has 0 radical (unpaired) electrons. The number of ether oxygens (including phenoxy) is 1. The van der Waals surface area contributed by atoms with Gasteiger partial charge < -0.3 is 15.4 Å². The van der Waals surface area contributed by atoms with Crippen molar-refractivity contribution in [3.05, 3.63) is 47.7 Å². The lowest BCUT2D eigenvalue weighted by Gasteiger charge is -2.21. The van der Waals surface area contributed by atoms with Gasteiger partial charge in [-0.1, -0.05) is 0 Å². The highest BCUT2D eigenvalue weighted by atomic mass is 19.1. The smallest absolute Gasteiger partial charge is 0.256 e. The summed E-state index contributed by atoms with van der Waals surface area (Å²) >= 11 is 0. The molecule has 1 aliphatic heterocycles. The van der Waals surface area contributed by atoms with E-state index in [9.17, 15) is 9.18 Å². The van der Waals surface area contributed by atoms with Crippen LogP contribution in [0.2, 0.25) is 0 Å². The molecule has 4 heterocycles. The summed E-state index contributed by atoms with van der Waals surface area (Å²) in [6, 6.07) is 3.07. The van der Waals surface area contributed by atoms with E-state index in [0.29, 0.717) is 34.4 Å². The first-order chi connectivity index (χ1) is 13.2. The number of carbonyl (C=O) groups excluding carboxylic acids is 1. The fourth-order valence-corrected chi connectivity index (χ4v) is 3.34. The van der Waals surface area contributed by atoms with Crippen LogP contribution in [-0.2, 0) is 0 Å². The molecule has 27 heavy (non-hydrogen) atoms. The fraction of sp³-hybridized carbons (Fsp3) is 0.333. The van der Waals surface area contributed by atoms with Crippen molar-refractivity contribution in [3.8, 4) is 5.88 Å². The molecule has 1 fully saturated rings. The lowest BCUT2D eigenvalue weighted by atomic mass is 10.0. The first-order valence-corrected chi connectivity index (χ1v) is 8.86. The van der Waals surface area contributed by atoms with Crippen LogP contribution in [0.1, 0.15) is 34.8 Å². The predicted molar refractivity (Wildman–Crippen MR) is 94.1 cm³/mol. The molecule has 138 valence electrons. The Labute approximate surface area is 153 Å². The van der Waals surface area contributed by atoms with E-state index in [0.717, 1.165) is 19.0 Å². The van der Waals surface area contributed by atoms with Gasteiger partial charge in [-0.2, -0.15) is 5.10 Å². The third-order valence-electron chi connectivity index (χ3n) is 4.82. The quantitative estimate of drug-likeness (QED) is 0.682. The van der Waals surface area contributed by atoms with Gasteiger partial charge in [-0.25, -0.2) is 18.9 Å². The van der Waals surface area contributed by atoms with Gasteiger partial charge >= 0.3 is 0 Å². The second-order valence-corrected chi connectivity index (χ2v) is 6.75. The van der Waals surface area contributed by atoms with Crippen molar-refractivity contribution in [2.75, 3.05) is 18.5 Å². The van der Waals surface area contributed by atoms with Crippen molar-refractivity contribution in [3.63, 3.8) is 0 Å². The summed E-state index contributed by atoms with van der Waals surface area (Å²) < 4.78 is 21.2. The van der Waals surface area contributed by atoms with Gasteiger partial charge in [-0.15, -0.1) is 0 Å². The molecule has 0 saturated heterocycles. The van der Waals surface area contributed by atoms with E-state index in [1.807, 2.05) is 0 Å². The molecule has 1 aliphatic carbocycles. The molecule has 1 amide bonds. The number of pyridine rings is 1. The van der Waals surface area contributed by atoms with Gasteiger partial charge in [0.1, 0.15) is 23.8 Å². The lowest BCUT2D eigenvalue weighted by Crippen LogP contribution is -2.28. The second kappa shape index (κ2) is 6.19. The van der Waals surface area contributed by atoms with Crippen LogP contribution in [0.15, 0.2) is 30.7 Å². The normalized spacial score (nSPS) is 19.9. The summed E-state index contributed by atoms with van der Waals surface area (Å²) in [5, 5.41) is 10.3. The Kier molecular flexibility index (Phi) is 3.66. The number of nitrogens with zero attached hydrogens (tertiary/aromatic N) is 4. The van der Waals surface area contributed by atoms with Gasteiger partial charge in [-0.05, 0) is 30.9 Å². The van der Waals surface area contributed by atoms with Gasteiger partial charge in [0.25, 0.3) is 5.91 Å². The van der Waals surface area contributed by atoms with E-state index < -0.39 is 5.82 Å². The second-order valence-electron chi connectivity index (χ2n) is 6.75. The minimum absolute atomic E-state index is 0.172. The van der Waals surface area contributed by atoms with Crippen molar-refractivity contribution in [1.82, 2.24) is 24.9 Å². The first-order valence-electron chi connectivity index (χ1n) is 8.86. The Balaban J connectivity index is 1.63. The van der Waals surface area contributed by atoms with Crippen molar-refractivity contribution >= 4 is 17.4 Å². The third-order valence-corrected chi connectivity index (χ3v) is 4.82. The lowest BCUT2D eigenvalue weighted by molar-refractivity contribution is 0.0948. The molecule has 1 atom stereocenters. The molecular weight excluding hydrogens is 351 g/mol. The van der Waals surface area contributed by atoms with Gasteiger partial charge in [0.2, 0.25) is 5.88 Å². The molecule has 1 saturated carbocycles. The van der Waals surface area contributed by atoms with Crippen LogP contribution in [-0.4, -0.2) is 38.6 Å². The molecule has 8 nitrogen and oxygen atoms in total. The van der Waals surface area contributed by atoms with Crippen LogP contribution in [0.25, 0.3) is 5.65 Å². The molecule has 5 rings (SSSR count). The largest absolute Gasteiger partial charge is 0.476 e. The number of carbonyl (C=O) groups is 1. The van der Waals surface area contributed by atoms with E-state index in [1.54, 1.807) is 16.8 Å². The van der Waals surface area contributed by atoms with Crippen LogP contribution in [0.3, 0.4) is 0 Å². The van der Waals surface area contributed by atoms with Gasteiger partial charge in [-0.3, -0.25) is 4.79 Å². The van der Waals surface area contributed by atoms with Crippen molar-refractivity contribution < 1.29 is 13.9 Å². The number of rotatable bonds is 1. The number of fused-ring (bicyclic) bond motifs is 2. The van der Waals surface area contributed by atoms with E-state index in [-0.39, 0.29) is 25.1 Å². The van der Waals surface area contributed by atoms with Gasteiger partial charge in [0, 0.05) is 11.8 Å². The van der Waals surface area contributed by atoms with Gasteiger partial charge in [0.05, 0.1) is 25.0 Å². The van der Waals surface area contributed by atoms with Crippen molar-refractivity contribution in [2.24, 2.45) is 5.92 Å². The Bertz CT molecular complexity index is 1030. The summed E-state index contributed by atoms with van der Waals surface area (Å²) in [5.41, 5.74) is 1.52. The zero-order valence-electron chi connectivity index (χ0n) is 14.4. The van der Waals surface area contributed by atoms with Crippen LogP contribution in [0.4, 0.5) is 10.2 Å². The highest BCUT2D eigenvalue weighted by Gasteiger charge is 2.35. The molecular formula is C18H17FN6O2. The molecule has 9 heteroatoms. The van der Waals surface area contributed by atoms with Crippen LogP contribution >= 0.6 is 0 Å². The Morgan fingerprint density at radius 1 is 1.30 bits per heavy atom. The highest BCUT2D eigenvalue weighted by molar-refractivity contribution is 5.99. The zero-order chi connectivity index (χ0) is 18.4.